The summed E-state index contributed by atoms with van der Waals surface area (Å²) in [4.78, 5) is 12.2. The molecule has 5 nitrogen and oxygen atoms in total. The van der Waals surface area contributed by atoms with Crippen LogP contribution in [0.4, 0.5) is 4.39 Å². The van der Waals surface area contributed by atoms with Gasteiger partial charge in [0.1, 0.15) is 12.1 Å². The van der Waals surface area contributed by atoms with Crippen molar-refractivity contribution in [2.45, 2.75) is 25.5 Å². The van der Waals surface area contributed by atoms with E-state index in [2.05, 4.69) is 10.2 Å². The Morgan fingerprint density at radius 2 is 1.95 bits per heavy atom. The Kier molecular flexibility index (Phi) is 4.08. The van der Waals surface area contributed by atoms with Crippen LogP contribution in [0.1, 0.15) is 21.5 Å². The van der Waals surface area contributed by atoms with Crippen LogP contribution in [0.15, 0.2) is 23.6 Å². The lowest BCUT2D eigenvalue weighted by Crippen LogP contribution is -2.13. The number of ketones is 1. The molecule has 2 aromatic rings. The van der Waals surface area contributed by atoms with E-state index in [0.717, 1.165) is 0 Å². The van der Waals surface area contributed by atoms with E-state index in [1.54, 1.807) is 13.8 Å². The zero-order valence-electron chi connectivity index (χ0n) is 11.4. The van der Waals surface area contributed by atoms with Crippen molar-refractivity contribution < 1.29 is 13.4 Å². The number of Topliss-reactive ketones (excluding diaryl/α,β-unsaturated/α-hetero) is 1. The molecule has 20 heavy (non-hydrogen) atoms. The van der Waals surface area contributed by atoms with Gasteiger partial charge in [-0.3, -0.25) is 13.6 Å². The molecular weight excluding hydrogens is 281 g/mol. The van der Waals surface area contributed by atoms with Gasteiger partial charge in [-0.25, -0.2) is 4.39 Å². The zero-order chi connectivity index (χ0) is 14.9. The summed E-state index contributed by atoms with van der Waals surface area (Å²) in [6.45, 7) is 3.21. The van der Waals surface area contributed by atoms with Gasteiger partial charge in [0, 0.05) is 11.8 Å². The number of benzene rings is 1. The normalized spacial score (nSPS) is 12.4. The van der Waals surface area contributed by atoms with Crippen LogP contribution in [-0.4, -0.2) is 31.0 Å². The van der Waals surface area contributed by atoms with Crippen molar-refractivity contribution in [2.24, 2.45) is 0 Å². The van der Waals surface area contributed by atoms with E-state index in [4.69, 9.17) is 0 Å². The number of aromatic nitrogens is 3. The fourth-order valence-corrected chi connectivity index (χ4v) is 2.53. The summed E-state index contributed by atoms with van der Waals surface area (Å²) < 4.78 is 26.4. The van der Waals surface area contributed by atoms with Crippen molar-refractivity contribution in [2.75, 3.05) is 6.26 Å². The van der Waals surface area contributed by atoms with Crippen LogP contribution >= 0.6 is 0 Å². The second-order valence-corrected chi connectivity index (χ2v) is 5.82. The molecule has 2 rings (SSSR count). The molecular formula is C13H14FN3O2S. The molecule has 0 saturated heterocycles. The number of hydrogen-bond donors (Lipinski definition) is 0. The maximum absolute atomic E-state index is 13.5. The number of carbonyl (C=O) groups excluding carboxylic acids is 1. The molecule has 0 N–H and O–H groups in total. The van der Waals surface area contributed by atoms with Gasteiger partial charge >= 0.3 is 0 Å². The van der Waals surface area contributed by atoms with Gasteiger partial charge in [-0.1, -0.05) is 0 Å². The molecule has 0 amide bonds. The molecule has 1 aromatic heterocycles. The SMILES string of the molecule is Cc1cc(C(=O)Cn2cnnc2[S@@](C)=O)cc(C)c1F. The average molecular weight is 295 g/mol. The van der Waals surface area contributed by atoms with E-state index < -0.39 is 10.8 Å². The summed E-state index contributed by atoms with van der Waals surface area (Å²) >= 11 is 0. The first kappa shape index (κ1) is 14.5. The van der Waals surface area contributed by atoms with Crippen LogP contribution in [0, 0.1) is 19.7 Å². The van der Waals surface area contributed by atoms with Gasteiger partial charge in [-0.15, -0.1) is 10.2 Å². The molecule has 1 aromatic carbocycles. The van der Waals surface area contributed by atoms with E-state index >= 15 is 0 Å². The number of hydrogen-bond acceptors (Lipinski definition) is 4. The van der Waals surface area contributed by atoms with Gasteiger partial charge in [-0.05, 0) is 37.1 Å². The monoisotopic (exact) mass is 295 g/mol. The van der Waals surface area contributed by atoms with Crippen molar-refractivity contribution in [3.8, 4) is 0 Å². The number of nitrogens with zero attached hydrogens (tertiary/aromatic N) is 3. The fourth-order valence-electron chi connectivity index (χ4n) is 1.93. The smallest absolute Gasteiger partial charge is 0.221 e. The maximum atomic E-state index is 13.5. The third-order valence-corrected chi connectivity index (χ3v) is 3.74. The molecule has 1 atom stereocenters. The highest BCUT2D eigenvalue weighted by Gasteiger charge is 2.15. The summed E-state index contributed by atoms with van der Waals surface area (Å²) in [6, 6.07) is 3.02. The Hall–Kier alpha value is -1.89. The quantitative estimate of drug-likeness (QED) is 0.805. The minimum atomic E-state index is -1.32. The number of rotatable bonds is 4. The third kappa shape index (κ3) is 2.82. The highest BCUT2D eigenvalue weighted by atomic mass is 32.2. The average Bonchev–Trinajstić information content (AvgIpc) is 2.83. The minimum absolute atomic E-state index is 0.0214. The Labute approximate surface area is 118 Å². The molecule has 0 bridgehead atoms. The van der Waals surface area contributed by atoms with E-state index in [9.17, 15) is 13.4 Å². The van der Waals surface area contributed by atoms with Crippen molar-refractivity contribution >= 4 is 16.6 Å². The van der Waals surface area contributed by atoms with Crippen LogP contribution in [0.3, 0.4) is 0 Å². The largest absolute Gasteiger partial charge is 0.299 e. The predicted molar refractivity (Wildman–Crippen MR) is 72.6 cm³/mol. The first-order valence-corrected chi connectivity index (χ1v) is 7.47. The summed E-state index contributed by atoms with van der Waals surface area (Å²) in [6.07, 6.45) is 2.83. The number of aryl methyl sites for hydroxylation is 2. The Bertz CT molecular complexity index is 674. The minimum Gasteiger partial charge on any atom is -0.299 e. The molecule has 1 heterocycles. The van der Waals surface area contributed by atoms with E-state index in [-0.39, 0.29) is 23.3 Å². The number of carbonyl (C=O) groups is 1. The lowest BCUT2D eigenvalue weighted by atomic mass is 10.0. The molecule has 0 spiro atoms. The lowest BCUT2D eigenvalue weighted by Gasteiger charge is -2.07. The Morgan fingerprint density at radius 1 is 1.35 bits per heavy atom. The molecule has 0 radical (unpaired) electrons. The van der Waals surface area contributed by atoms with E-state index in [0.29, 0.717) is 16.7 Å². The molecule has 0 aliphatic heterocycles. The van der Waals surface area contributed by atoms with Crippen LogP contribution in [0.5, 0.6) is 0 Å². The second kappa shape index (κ2) is 5.62. The zero-order valence-corrected chi connectivity index (χ0v) is 12.2. The van der Waals surface area contributed by atoms with Crippen molar-refractivity contribution in [3.63, 3.8) is 0 Å². The third-order valence-electron chi connectivity index (χ3n) is 2.91. The summed E-state index contributed by atoms with van der Waals surface area (Å²) in [5.74, 6) is -0.510. The molecule has 0 aliphatic rings. The highest BCUT2D eigenvalue weighted by molar-refractivity contribution is 7.84. The molecule has 0 fully saturated rings. The summed E-state index contributed by atoms with van der Waals surface area (Å²) in [7, 11) is -1.32. The van der Waals surface area contributed by atoms with Gasteiger partial charge < -0.3 is 0 Å². The van der Waals surface area contributed by atoms with E-state index in [1.165, 1.54) is 29.3 Å². The van der Waals surface area contributed by atoms with Crippen LogP contribution in [-0.2, 0) is 17.3 Å². The fraction of sp³-hybridized carbons (Fsp3) is 0.308. The first-order chi connectivity index (χ1) is 9.40. The molecule has 0 saturated carbocycles. The van der Waals surface area contributed by atoms with E-state index in [1.807, 2.05) is 0 Å². The Balaban J connectivity index is 2.29. The molecule has 0 unspecified atom stereocenters. The van der Waals surface area contributed by atoms with Crippen LogP contribution in [0.2, 0.25) is 0 Å². The number of halogens is 1. The van der Waals surface area contributed by atoms with Crippen LogP contribution in [0.25, 0.3) is 0 Å². The molecule has 106 valence electrons. The van der Waals surface area contributed by atoms with Gasteiger partial charge in [0.25, 0.3) is 0 Å². The first-order valence-electron chi connectivity index (χ1n) is 5.91. The summed E-state index contributed by atoms with van der Waals surface area (Å²) in [5, 5.41) is 7.60. The van der Waals surface area contributed by atoms with Gasteiger partial charge in [0.05, 0.1) is 17.3 Å². The molecule has 7 heteroatoms. The van der Waals surface area contributed by atoms with Gasteiger partial charge in [0.15, 0.2) is 5.78 Å². The lowest BCUT2D eigenvalue weighted by molar-refractivity contribution is 0.0968. The predicted octanol–water partition coefficient (Wildman–Crippen LogP) is 1.65. The Morgan fingerprint density at radius 3 is 2.50 bits per heavy atom. The van der Waals surface area contributed by atoms with Gasteiger partial charge in [0.2, 0.25) is 5.16 Å². The summed E-state index contributed by atoms with van der Waals surface area (Å²) in [5.41, 5.74) is 1.27. The van der Waals surface area contributed by atoms with Crippen molar-refractivity contribution in [3.05, 3.63) is 41.0 Å². The van der Waals surface area contributed by atoms with Crippen molar-refractivity contribution in [1.29, 1.82) is 0 Å². The van der Waals surface area contributed by atoms with Crippen LogP contribution < -0.4 is 0 Å². The molecule has 0 aliphatic carbocycles. The van der Waals surface area contributed by atoms with Crippen molar-refractivity contribution in [1.82, 2.24) is 14.8 Å². The standard InChI is InChI=1S/C13H14FN3O2S/c1-8-4-10(5-9(2)12(8)14)11(18)6-17-7-15-16-13(17)20(3)19/h4-5,7H,6H2,1-3H3/t20-/m1/s1. The second-order valence-electron chi connectivity index (χ2n) is 4.54. The highest BCUT2D eigenvalue weighted by Crippen LogP contribution is 2.16. The topological polar surface area (TPSA) is 64.8 Å². The maximum Gasteiger partial charge on any atom is 0.221 e. The van der Waals surface area contributed by atoms with Gasteiger partial charge in [-0.2, -0.15) is 0 Å².